The fourth-order valence-corrected chi connectivity index (χ4v) is 1.89. The first kappa shape index (κ1) is 15.8. The summed E-state index contributed by atoms with van der Waals surface area (Å²) < 4.78 is 4.65. The molecule has 20 heavy (non-hydrogen) atoms. The third kappa shape index (κ3) is 3.88. The monoisotopic (exact) mass is 279 g/mol. The molecule has 0 heterocycles. The van der Waals surface area contributed by atoms with Crippen LogP contribution in [0.1, 0.15) is 23.7 Å². The molecule has 0 spiro atoms. The number of esters is 1. The smallest absolute Gasteiger partial charge is 0.337 e. The number of nitrogens with one attached hydrogen (secondary N) is 1. The molecule has 0 atom stereocenters. The zero-order valence-electron chi connectivity index (χ0n) is 12.1. The van der Waals surface area contributed by atoms with E-state index in [1.165, 1.54) is 7.11 Å². The average Bonchev–Trinajstić information content (AvgIpc) is 2.45. The maximum absolute atomic E-state index is 11.5. The molecule has 6 nitrogen and oxygen atoms in total. The molecule has 0 saturated carbocycles. The normalized spacial score (nSPS) is 9.95. The Morgan fingerprint density at radius 1 is 1.40 bits per heavy atom. The Morgan fingerprint density at radius 3 is 2.60 bits per heavy atom. The molecule has 3 N–H and O–H groups in total. The fraction of sp³-hybridized carbons (Fsp3) is 0.429. The van der Waals surface area contributed by atoms with Crippen molar-refractivity contribution < 1.29 is 14.3 Å². The van der Waals surface area contributed by atoms with Gasteiger partial charge in [-0.1, -0.05) is 6.92 Å². The number of amides is 1. The number of nitrogens with two attached hydrogens (primary N) is 1. The molecule has 1 aromatic rings. The van der Waals surface area contributed by atoms with Gasteiger partial charge in [0, 0.05) is 13.6 Å². The number of benzene rings is 1. The number of methoxy groups -OCH3 is 1. The molecule has 6 heteroatoms. The van der Waals surface area contributed by atoms with Gasteiger partial charge >= 0.3 is 5.97 Å². The van der Waals surface area contributed by atoms with Gasteiger partial charge in [0.2, 0.25) is 5.91 Å². The van der Waals surface area contributed by atoms with E-state index < -0.39 is 5.97 Å². The number of ether oxygens (including phenoxy) is 1. The Kier molecular flexibility index (Phi) is 5.83. The van der Waals surface area contributed by atoms with Crippen LogP contribution in [0.5, 0.6) is 0 Å². The SMILES string of the molecule is CCCN(CC(=O)NC)c1ccc(C(=O)OC)cc1N. The summed E-state index contributed by atoms with van der Waals surface area (Å²) in [5.41, 5.74) is 7.56. The summed E-state index contributed by atoms with van der Waals surface area (Å²) in [6, 6.07) is 4.94. The third-order valence-electron chi connectivity index (χ3n) is 2.90. The topological polar surface area (TPSA) is 84.7 Å². The second-order valence-electron chi connectivity index (χ2n) is 4.36. The number of hydrogen-bond donors (Lipinski definition) is 2. The van der Waals surface area contributed by atoms with E-state index in [1.807, 2.05) is 11.8 Å². The number of carbonyl (C=O) groups excluding carboxylic acids is 2. The molecular weight excluding hydrogens is 258 g/mol. The predicted molar refractivity (Wildman–Crippen MR) is 78.8 cm³/mol. The van der Waals surface area contributed by atoms with Crippen LogP contribution < -0.4 is 16.0 Å². The first-order valence-corrected chi connectivity index (χ1v) is 6.46. The van der Waals surface area contributed by atoms with Gasteiger partial charge in [-0.2, -0.15) is 0 Å². The van der Waals surface area contributed by atoms with Gasteiger partial charge in [0.15, 0.2) is 0 Å². The van der Waals surface area contributed by atoms with Gasteiger partial charge in [-0.05, 0) is 24.6 Å². The number of anilines is 2. The average molecular weight is 279 g/mol. The molecule has 110 valence electrons. The number of nitrogen functional groups attached to an aromatic ring is 1. The summed E-state index contributed by atoms with van der Waals surface area (Å²) in [6.45, 7) is 2.96. The van der Waals surface area contributed by atoms with Crippen LogP contribution in [0.25, 0.3) is 0 Å². The summed E-state index contributed by atoms with van der Waals surface area (Å²) in [5, 5.41) is 2.59. The highest BCUT2D eigenvalue weighted by atomic mass is 16.5. The molecule has 0 unspecified atom stereocenters. The van der Waals surface area contributed by atoms with Crippen molar-refractivity contribution in [3.8, 4) is 0 Å². The van der Waals surface area contributed by atoms with Crippen LogP contribution >= 0.6 is 0 Å². The lowest BCUT2D eigenvalue weighted by Gasteiger charge is -2.25. The minimum Gasteiger partial charge on any atom is -0.465 e. The number of hydrogen-bond acceptors (Lipinski definition) is 5. The Morgan fingerprint density at radius 2 is 2.10 bits per heavy atom. The van der Waals surface area contributed by atoms with Crippen LogP contribution in [0.3, 0.4) is 0 Å². The van der Waals surface area contributed by atoms with E-state index in [4.69, 9.17) is 5.73 Å². The highest BCUT2D eigenvalue weighted by molar-refractivity contribution is 5.92. The van der Waals surface area contributed by atoms with E-state index >= 15 is 0 Å². The molecule has 1 aromatic carbocycles. The quantitative estimate of drug-likeness (QED) is 0.600. The van der Waals surface area contributed by atoms with Gasteiger partial charge in [0.25, 0.3) is 0 Å². The third-order valence-corrected chi connectivity index (χ3v) is 2.90. The summed E-state index contributed by atoms with van der Waals surface area (Å²) in [7, 11) is 2.91. The van der Waals surface area contributed by atoms with Crippen LogP contribution in [0.2, 0.25) is 0 Å². The van der Waals surface area contributed by atoms with Crippen molar-refractivity contribution in [1.82, 2.24) is 5.32 Å². The van der Waals surface area contributed by atoms with E-state index in [9.17, 15) is 9.59 Å². The maximum atomic E-state index is 11.5. The first-order valence-electron chi connectivity index (χ1n) is 6.46. The van der Waals surface area contributed by atoms with E-state index in [-0.39, 0.29) is 12.5 Å². The minimum absolute atomic E-state index is 0.0881. The van der Waals surface area contributed by atoms with Crippen molar-refractivity contribution in [1.29, 1.82) is 0 Å². The van der Waals surface area contributed by atoms with Crippen LogP contribution in [0.4, 0.5) is 11.4 Å². The standard InChI is InChI=1S/C14H21N3O3/c1-4-7-17(9-13(18)16-2)12-6-5-10(8-11(12)15)14(19)20-3/h5-6,8H,4,7,9,15H2,1-3H3,(H,16,18). The number of carbonyl (C=O) groups is 2. The van der Waals surface area contributed by atoms with E-state index in [0.29, 0.717) is 17.8 Å². The molecule has 1 amide bonds. The molecule has 0 aromatic heterocycles. The van der Waals surface area contributed by atoms with Crippen molar-refractivity contribution in [2.75, 3.05) is 37.9 Å². The molecule has 0 saturated heterocycles. The van der Waals surface area contributed by atoms with Crippen molar-refractivity contribution >= 4 is 23.3 Å². The van der Waals surface area contributed by atoms with E-state index in [1.54, 1.807) is 25.2 Å². The molecular formula is C14H21N3O3. The Balaban J connectivity index is 3.02. The minimum atomic E-state index is -0.434. The van der Waals surface area contributed by atoms with Crippen LogP contribution in [-0.2, 0) is 9.53 Å². The largest absolute Gasteiger partial charge is 0.465 e. The molecule has 1 rings (SSSR count). The molecule has 0 fully saturated rings. The Bertz CT molecular complexity index is 489. The molecule has 0 radical (unpaired) electrons. The molecule has 0 aliphatic heterocycles. The van der Waals surface area contributed by atoms with Gasteiger partial charge in [0.05, 0.1) is 30.6 Å². The fourth-order valence-electron chi connectivity index (χ4n) is 1.89. The molecule has 0 bridgehead atoms. The number of rotatable bonds is 6. The summed E-state index contributed by atoms with van der Waals surface area (Å²) in [6.07, 6.45) is 0.884. The first-order chi connectivity index (χ1) is 9.53. The van der Waals surface area contributed by atoms with Gasteiger partial charge in [-0.25, -0.2) is 4.79 Å². The second-order valence-corrected chi connectivity index (χ2v) is 4.36. The van der Waals surface area contributed by atoms with Crippen LogP contribution in [0.15, 0.2) is 18.2 Å². The van der Waals surface area contributed by atoms with Gasteiger partial charge < -0.3 is 20.7 Å². The second kappa shape index (κ2) is 7.37. The van der Waals surface area contributed by atoms with E-state index in [0.717, 1.165) is 12.1 Å². The van der Waals surface area contributed by atoms with Crippen LogP contribution in [0, 0.1) is 0 Å². The maximum Gasteiger partial charge on any atom is 0.337 e. The zero-order valence-corrected chi connectivity index (χ0v) is 12.1. The Hall–Kier alpha value is -2.24. The van der Waals surface area contributed by atoms with Gasteiger partial charge in [0.1, 0.15) is 0 Å². The lowest BCUT2D eigenvalue weighted by atomic mass is 10.1. The number of nitrogens with zero attached hydrogens (tertiary/aromatic N) is 1. The van der Waals surface area contributed by atoms with Crippen molar-refractivity contribution in [2.45, 2.75) is 13.3 Å². The molecule has 0 aliphatic carbocycles. The Labute approximate surface area is 118 Å². The van der Waals surface area contributed by atoms with Gasteiger partial charge in [-0.3, -0.25) is 4.79 Å². The highest BCUT2D eigenvalue weighted by Gasteiger charge is 2.14. The zero-order chi connectivity index (χ0) is 15.1. The lowest BCUT2D eigenvalue weighted by molar-refractivity contribution is -0.119. The van der Waals surface area contributed by atoms with Crippen LogP contribution in [-0.4, -0.2) is 39.1 Å². The number of likely N-dealkylation sites (N-methyl/N-ethyl adjacent to an activating group) is 1. The van der Waals surface area contributed by atoms with Gasteiger partial charge in [-0.15, -0.1) is 0 Å². The van der Waals surface area contributed by atoms with Crippen molar-refractivity contribution in [3.63, 3.8) is 0 Å². The summed E-state index contributed by atoms with van der Waals surface area (Å²) in [4.78, 5) is 24.9. The van der Waals surface area contributed by atoms with Crippen molar-refractivity contribution in [3.05, 3.63) is 23.8 Å². The summed E-state index contributed by atoms with van der Waals surface area (Å²) in [5.74, 6) is -0.522. The lowest BCUT2D eigenvalue weighted by Crippen LogP contribution is -2.36. The summed E-state index contributed by atoms with van der Waals surface area (Å²) >= 11 is 0. The van der Waals surface area contributed by atoms with E-state index in [2.05, 4.69) is 10.1 Å². The molecule has 0 aliphatic rings. The highest BCUT2D eigenvalue weighted by Crippen LogP contribution is 2.25. The predicted octanol–water partition coefficient (Wildman–Crippen LogP) is 1.02. The van der Waals surface area contributed by atoms with Crippen molar-refractivity contribution in [2.24, 2.45) is 0 Å².